The summed E-state index contributed by atoms with van der Waals surface area (Å²) in [5, 5.41) is 3.32. The minimum Gasteiger partial charge on any atom is -0.494 e. The SMILES string of the molecule is CCOc1ccc(C2=CCNCC2)cc1. The van der Waals surface area contributed by atoms with Gasteiger partial charge in [0, 0.05) is 6.54 Å². The Morgan fingerprint density at radius 3 is 2.67 bits per heavy atom. The van der Waals surface area contributed by atoms with Gasteiger partial charge in [0.05, 0.1) is 6.61 Å². The largest absolute Gasteiger partial charge is 0.494 e. The summed E-state index contributed by atoms with van der Waals surface area (Å²) in [7, 11) is 0. The first-order valence-electron chi connectivity index (χ1n) is 5.53. The van der Waals surface area contributed by atoms with E-state index in [-0.39, 0.29) is 0 Å². The number of hydrogen-bond donors (Lipinski definition) is 1. The van der Waals surface area contributed by atoms with Gasteiger partial charge in [0.25, 0.3) is 0 Å². The van der Waals surface area contributed by atoms with Crippen LogP contribution < -0.4 is 10.1 Å². The van der Waals surface area contributed by atoms with Crippen molar-refractivity contribution in [3.8, 4) is 5.75 Å². The van der Waals surface area contributed by atoms with E-state index in [2.05, 4.69) is 23.5 Å². The van der Waals surface area contributed by atoms with Gasteiger partial charge in [-0.1, -0.05) is 18.2 Å². The molecule has 0 spiro atoms. The van der Waals surface area contributed by atoms with Crippen LogP contribution in [0, 0.1) is 0 Å². The van der Waals surface area contributed by atoms with Crippen LogP contribution in [-0.2, 0) is 0 Å². The summed E-state index contributed by atoms with van der Waals surface area (Å²) in [5.41, 5.74) is 2.76. The summed E-state index contributed by atoms with van der Waals surface area (Å²) in [6.45, 7) is 4.80. The smallest absolute Gasteiger partial charge is 0.119 e. The molecular weight excluding hydrogens is 186 g/mol. The summed E-state index contributed by atoms with van der Waals surface area (Å²) < 4.78 is 5.42. The zero-order valence-corrected chi connectivity index (χ0v) is 9.12. The molecule has 2 heteroatoms. The van der Waals surface area contributed by atoms with Gasteiger partial charge in [-0.3, -0.25) is 0 Å². The van der Waals surface area contributed by atoms with E-state index in [9.17, 15) is 0 Å². The Labute approximate surface area is 91.0 Å². The van der Waals surface area contributed by atoms with Crippen molar-refractivity contribution in [3.05, 3.63) is 35.9 Å². The number of benzene rings is 1. The van der Waals surface area contributed by atoms with Crippen molar-refractivity contribution in [1.29, 1.82) is 0 Å². The van der Waals surface area contributed by atoms with Crippen LogP contribution in [0.4, 0.5) is 0 Å². The predicted octanol–water partition coefficient (Wildman–Crippen LogP) is 2.46. The maximum Gasteiger partial charge on any atom is 0.119 e. The molecule has 0 radical (unpaired) electrons. The first-order valence-corrected chi connectivity index (χ1v) is 5.53. The Morgan fingerprint density at radius 1 is 1.27 bits per heavy atom. The molecule has 1 heterocycles. The van der Waals surface area contributed by atoms with E-state index in [4.69, 9.17) is 4.74 Å². The highest BCUT2D eigenvalue weighted by Crippen LogP contribution is 2.22. The van der Waals surface area contributed by atoms with Crippen molar-refractivity contribution in [2.75, 3.05) is 19.7 Å². The lowest BCUT2D eigenvalue weighted by molar-refractivity contribution is 0.340. The number of ether oxygens (including phenoxy) is 1. The first kappa shape index (κ1) is 10.2. The molecule has 1 aliphatic rings. The van der Waals surface area contributed by atoms with Crippen molar-refractivity contribution in [2.24, 2.45) is 0 Å². The molecule has 15 heavy (non-hydrogen) atoms. The summed E-state index contributed by atoms with van der Waals surface area (Å²) >= 11 is 0. The monoisotopic (exact) mass is 203 g/mol. The molecule has 1 aliphatic heterocycles. The van der Waals surface area contributed by atoms with E-state index >= 15 is 0 Å². The molecule has 0 saturated heterocycles. The molecule has 80 valence electrons. The molecular formula is C13H17NO. The minimum absolute atomic E-state index is 0.728. The van der Waals surface area contributed by atoms with E-state index in [1.54, 1.807) is 0 Å². The third kappa shape index (κ3) is 2.60. The lowest BCUT2D eigenvalue weighted by atomic mass is 10.0. The van der Waals surface area contributed by atoms with Crippen molar-refractivity contribution in [2.45, 2.75) is 13.3 Å². The van der Waals surface area contributed by atoms with Crippen LogP contribution in [0.5, 0.6) is 5.75 Å². The van der Waals surface area contributed by atoms with E-state index in [0.29, 0.717) is 0 Å². The Morgan fingerprint density at radius 2 is 2.07 bits per heavy atom. The third-order valence-corrected chi connectivity index (χ3v) is 2.60. The topological polar surface area (TPSA) is 21.3 Å². The quantitative estimate of drug-likeness (QED) is 0.814. The van der Waals surface area contributed by atoms with Crippen molar-refractivity contribution in [1.82, 2.24) is 5.32 Å². The molecule has 0 bridgehead atoms. The summed E-state index contributed by atoms with van der Waals surface area (Å²) in [6.07, 6.45) is 3.38. The van der Waals surface area contributed by atoms with E-state index in [0.717, 1.165) is 31.9 Å². The third-order valence-electron chi connectivity index (χ3n) is 2.60. The number of nitrogens with one attached hydrogen (secondary N) is 1. The fraction of sp³-hybridized carbons (Fsp3) is 0.385. The average molecular weight is 203 g/mol. The molecule has 0 amide bonds. The van der Waals surface area contributed by atoms with E-state index in [1.165, 1.54) is 11.1 Å². The molecule has 0 aromatic heterocycles. The van der Waals surface area contributed by atoms with Crippen LogP contribution in [0.15, 0.2) is 30.3 Å². The zero-order chi connectivity index (χ0) is 10.5. The van der Waals surface area contributed by atoms with Gasteiger partial charge in [-0.2, -0.15) is 0 Å². The second kappa shape index (κ2) is 4.99. The highest BCUT2D eigenvalue weighted by molar-refractivity contribution is 5.67. The van der Waals surface area contributed by atoms with Gasteiger partial charge in [-0.05, 0) is 43.2 Å². The van der Waals surface area contributed by atoms with E-state index in [1.807, 2.05) is 19.1 Å². The highest BCUT2D eigenvalue weighted by atomic mass is 16.5. The van der Waals surface area contributed by atoms with Gasteiger partial charge in [0.2, 0.25) is 0 Å². The maximum absolute atomic E-state index is 5.42. The van der Waals surface area contributed by atoms with Gasteiger partial charge in [0.15, 0.2) is 0 Å². The van der Waals surface area contributed by atoms with Gasteiger partial charge < -0.3 is 10.1 Å². The van der Waals surface area contributed by atoms with Crippen molar-refractivity contribution < 1.29 is 4.74 Å². The first-order chi connectivity index (χ1) is 7.40. The fourth-order valence-corrected chi connectivity index (χ4v) is 1.82. The standard InChI is InChI=1S/C13H17NO/c1-2-15-13-5-3-11(4-6-13)12-7-9-14-10-8-12/h3-7,14H,2,8-10H2,1H3. The van der Waals surface area contributed by atoms with Crippen molar-refractivity contribution >= 4 is 5.57 Å². The average Bonchev–Trinajstić information content (AvgIpc) is 2.32. The molecule has 0 saturated carbocycles. The normalized spacial score (nSPS) is 15.9. The Hall–Kier alpha value is -1.28. The number of rotatable bonds is 3. The van der Waals surface area contributed by atoms with E-state index < -0.39 is 0 Å². The zero-order valence-electron chi connectivity index (χ0n) is 9.12. The van der Waals surface area contributed by atoms with Crippen LogP contribution in [0.3, 0.4) is 0 Å². The van der Waals surface area contributed by atoms with Crippen LogP contribution >= 0.6 is 0 Å². The van der Waals surface area contributed by atoms with Crippen LogP contribution in [0.1, 0.15) is 18.9 Å². The molecule has 0 atom stereocenters. The molecule has 1 N–H and O–H groups in total. The molecule has 2 nitrogen and oxygen atoms in total. The molecule has 1 aromatic rings. The van der Waals surface area contributed by atoms with Crippen molar-refractivity contribution in [3.63, 3.8) is 0 Å². The fourth-order valence-electron chi connectivity index (χ4n) is 1.82. The Kier molecular flexibility index (Phi) is 3.41. The van der Waals surface area contributed by atoms with Gasteiger partial charge in [0.1, 0.15) is 5.75 Å². The molecule has 0 fully saturated rings. The van der Waals surface area contributed by atoms with Gasteiger partial charge in [-0.15, -0.1) is 0 Å². The second-order valence-corrected chi connectivity index (χ2v) is 3.64. The van der Waals surface area contributed by atoms with Crippen LogP contribution in [0.25, 0.3) is 5.57 Å². The lowest BCUT2D eigenvalue weighted by Crippen LogP contribution is -2.19. The van der Waals surface area contributed by atoms with Gasteiger partial charge in [-0.25, -0.2) is 0 Å². The molecule has 2 rings (SSSR count). The summed E-state index contributed by atoms with van der Waals surface area (Å²) in [4.78, 5) is 0. The highest BCUT2D eigenvalue weighted by Gasteiger charge is 2.05. The minimum atomic E-state index is 0.728. The summed E-state index contributed by atoms with van der Waals surface area (Å²) in [5.74, 6) is 0.954. The summed E-state index contributed by atoms with van der Waals surface area (Å²) in [6, 6.07) is 8.37. The second-order valence-electron chi connectivity index (χ2n) is 3.64. The predicted molar refractivity (Wildman–Crippen MR) is 63.1 cm³/mol. The maximum atomic E-state index is 5.42. The number of hydrogen-bond acceptors (Lipinski definition) is 2. The van der Waals surface area contributed by atoms with Crippen LogP contribution in [-0.4, -0.2) is 19.7 Å². The Bertz CT molecular complexity index is 340. The van der Waals surface area contributed by atoms with Crippen LogP contribution in [0.2, 0.25) is 0 Å². The molecule has 0 unspecified atom stereocenters. The molecule has 1 aromatic carbocycles. The Balaban J connectivity index is 2.12. The van der Waals surface area contributed by atoms with Gasteiger partial charge >= 0.3 is 0 Å². The lowest BCUT2D eigenvalue weighted by Gasteiger charge is -2.14. The molecule has 0 aliphatic carbocycles.